The molecule has 5 nitrogen and oxygen atoms in total. The number of rotatable bonds is 8. The lowest BCUT2D eigenvalue weighted by Gasteiger charge is -2.24. The molecule has 0 bridgehead atoms. The minimum Gasteiger partial charge on any atom is -0.462 e. The number of esters is 1. The fourth-order valence-electron chi connectivity index (χ4n) is 2.16. The highest BCUT2D eigenvalue weighted by molar-refractivity contribution is 5.71. The van der Waals surface area contributed by atoms with Gasteiger partial charge < -0.3 is 14.8 Å². The molecule has 1 fully saturated rings. The first-order chi connectivity index (χ1) is 8.61. The van der Waals surface area contributed by atoms with Crippen LogP contribution in [0, 0.1) is 0 Å². The summed E-state index contributed by atoms with van der Waals surface area (Å²) in [4.78, 5) is 13.8. The molecule has 0 aromatic rings. The molecule has 1 atom stereocenters. The van der Waals surface area contributed by atoms with Crippen molar-refractivity contribution in [1.82, 2.24) is 10.2 Å². The highest BCUT2D eigenvalue weighted by Crippen LogP contribution is 2.07. The summed E-state index contributed by atoms with van der Waals surface area (Å²) in [5.74, 6) is -0.154. The van der Waals surface area contributed by atoms with Crippen LogP contribution >= 0.6 is 0 Å². The van der Waals surface area contributed by atoms with Crippen molar-refractivity contribution in [1.29, 1.82) is 0 Å². The lowest BCUT2D eigenvalue weighted by atomic mass is 10.2. The fourth-order valence-corrected chi connectivity index (χ4v) is 2.16. The Morgan fingerprint density at radius 3 is 2.83 bits per heavy atom. The number of nitrogens with one attached hydrogen (secondary N) is 1. The second-order valence-corrected chi connectivity index (χ2v) is 5.06. The monoisotopic (exact) mass is 258 g/mol. The molecule has 1 heterocycles. The Bertz CT molecular complexity index is 240. The van der Waals surface area contributed by atoms with E-state index in [1.54, 1.807) is 7.11 Å². The molecular formula is C13H26N2O3. The fraction of sp³-hybridized carbons (Fsp3) is 0.923. The van der Waals surface area contributed by atoms with E-state index in [4.69, 9.17) is 9.47 Å². The van der Waals surface area contributed by atoms with Gasteiger partial charge in [0.25, 0.3) is 0 Å². The molecular weight excluding hydrogens is 232 g/mol. The van der Waals surface area contributed by atoms with E-state index in [0.717, 1.165) is 19.6 Å². The van der Waals surface area contributed by atoms with Crippen LogP contribution < -0.4 is 5.32 Å². The van der Waals surface area contributed by atoms with Gasteiger partial charge in [-0.05, 0) is 33.2 Å². The van der Waals surface area contributed by atoms with Crippen LogP contribution in [0.25, 0.3) is 0 Å². The van der Waals surface area contributed by atoms with Crippen LogP contribution in [0.1, 0.15) is 26.7 Å². The minimum absolute atomic E-state index is 0.0496. The van der Waals surface area contributed by atoms with Gasteiger partial charge in [-0.15, -0.1) is 0 Å². The topological polar surface area (TPSA) is 50.8 Å². The summed E-state index contributed by atoms with van der Waals surface area (Å²) in [7, 11) is 1.68. The summed E-state index contributed by atoms with van der Waals surface area (Å²) in [6.07, 6.45) is 2.36. The Hall–Kier alpha value is -0.650. The van der Waals surface area contributed by atoms with Crippen molar-refractivity contribution >= 4 is 5.97 Å². The van der Waals surface area contributed by atoms with Crippen LogP contribution in [0.4, 0.5) is 0 Å². The molecule has 0 spiro atoms. The Morgan fingerprint density at radius 2 is 2.28 bits per heavy atom. The Morgan fingerprint density at radius 1 is 1.50 bits per heavy atom. The van der Waals surface area contributed by atoms with Gasteiger partial charge in [-0.1, -0.05) is 0 Å². The van der Waals surface area contributed by atoms with Gasteiger partial charge in [0.05, 0.1) is 19.3 Å². The maximum absolute atomic E-state index is 11.7. The Kier molecular flexibility index (Phi) is 7.23. The van der Waals surface area contributed by atoms with Crippen molar-refractivity contribution in [2.24, 2.45) is 0 Å². The lowest BCUT2D eigenvalue weighted by molar-refractivity contribution is -0.148. The number of hydrogen-bond acceptors (Lipinski definition) is 5. The maximum atomic E-state index is 11.7. The molecule has 5 heteroatoms. The normalized spacial score (nSPS) is 19.7. The van der Waals surface area contributed by atoms with Gasteiger partial charge in [0.2, 0.25) is 0 Å². The van der Waals surface area contributed by atoms with Crippen molar-refractivity contribution in [3.63, 3.8) is 0 Å². The lowest BCUT2D eigenvalue weighted by Crippen LogP contribution is -2.42. The molecule has 1 saturated heterocycles. The van der Waals surface area contributed by atoms with Crippen LogP contribution in [-0.4, -0.2) is 62.9 Å². The molecule has 1 rings (SSSR count). The average molecular weight is 258 g/mol. The molecule has 0 saturated carbocycles. The van der Waals surface area contributed by atoms with E-state index in [1.807, 2.05) is 13.8 Å². The highest BCUT2D eigenvalue weighted by atomic mass is 16.5. The number of carbonyl (C=O) groups excluding carboxylic acids is 1. The van der Waals surface area contributed by atoms with Gasteiger partial charge in [0.15, 0.2) is 0 Å². The zero-order valence-electron chi connectivity index (χ0n) is 11.8. The van der Waals surface area contributed by atoms with Crippen LogP contribution in [0.5, 0.6) is 0 Å². The zero-order valence-corrected chi connectivity index (χ0v) is 11.8. The van der Waals surface area contributed by atoms with Crippen LogP contribution in [0.15, 0.2) is 0 Å². The van der Waals surface area contributed by atoms with Crippen molar-refractivity contribution in [2.75, 3.05) is 39.9 Å². The largest absolute Gasteiger partial charge is 0.462 e. The van der Waals surface area contributed by atoms with E-state index >= 15 is 0 Å². The Labute approximate surface area is 110 Å². The quantitative estimate of drug-likeness (QED) is 0.647. The van der Waals surface area contributed by atoms with E-state index in [-0.39, 0.29) is 12.1 Å². The van der Waals surface area contributed by atoms with Gasteiger partial charge >= 0.3 is 5.97 Å². The van der Waals surface area contributed by atoms with Gasteiger partial charge in [-0.2, -0.15) is 0 Å². The standard InChI is InChI=1S/C13H26N2O3/c1-11(2)18-13(16)10-15(7-8-17-3)9-12-5-4-6-14-12/h11-12,14H,4-10H2,1-3H3. The first kappa shape index (κ1) is 15.4. The number of methoxy groups -OCH3 is 1. The molecule has 0 aromatic carbocycles. The molecule has 18 heavy (non-hydrogen) atoms. The van der Waals surface area contributed by atoms with Gasteiger partial charge in [0, 0.05) is 26.2 Å². The number of nitrogens with zero attached hydrogens (tertiary/aromatic N) is 1. The highest BCUT2D eigenvalue weighted by Gasteiger charge is 2.20. The molecule has 0 radical (unpaired) electrons. The average Bonchev–Trinajstić information content (AvgIpc) is 2.77. The number of ether oxygens (including phenoxy) is 2. The predicted molar refractivity (Wildman–Crippen MR) is 70.6 cm³/mol. The predicted octanol–water partition coefficient (Wildman–Crippen LogP) is 0.638. The van der Waals surface area contributed by atoms with Crippen LogP contribution in [0.2, 0.25) is 0 Å². The van der Waals surface area contributed by atoms with Crippen LogP contribution in [0.3, 0.4) is 0 Å². The molecule has 1 aliphatic rings. The summed E-state index contributed by atoms with van der Waals surface area (Å²) in [5, 5.41) is 3.44. The third kappa shape index (κ3) is 6.33. The van der Waals surface area contributed by atoms with Crippen molar-refractivity contribution in [3.8, 4) is 0 Å². The van der Waals surface area contributed by atoms with E-state index in [9.17, 15) is 4.79 Å². The van der Waals surface area contributed by atoms with Gasteiger partial charge in [-0.25, -0.2) is 0 Å². The van der Waals surface area contributed by atoms with E-state index < -0.39 is 0 Å². The zero-order chi connectivity index (χ0) is 13.4. The van der Waals surface area contributed by atoms with E-state index in [0.29, 0.717) is 19.2 Å². The number of hydrogen-bond donors (Lipinski definition) is 1. The molecule has 0 aliphatic carbocycles. The number of carbonyl (C=O) groups is 1. The Balaban J connectivity index is 2.35. The van der Waals surface area contributed by atoms with Crippen molar-refractivity contribution < 1.29 is 14.3 Å². The van der Waals surface area contributed by atoms with Crippen molar-refractivity contribution in [3.05, 3.63) is 0 Å². The molecule has 0 aromatic heterocycles. The smallest absolute Gasteiger partial charge is 0.320 e. The molecule has 0 amide bonds. The second-order valence-electron chi connectivity index (χ2n) is 5.06. The summed E-state index contributed by atoms with van der Waals surface area (Å²) < 4.78 is 10.3. The summed E-state index contributed by atoms with van der Waals surface area (Å²) in [6, 6.07) is 0.494. The van der Waals surface area contributed by atoms with Gasteiger partial charge in [0.1, 0.15) is 0 Å². The molecule has 1 N–H and O–H groups in total. The second kappa shape index (κ2) is 8.45. The maximum Gasteiger partial charge on any atom is 0.320 e. The molecule has 106 valence electrons. The minimum atomic E-state index is -0.154. The third-order valence-corrected chi connectivity index (χ3v) is 2.97. The van der Waals surface area contributed by atoms with Crippen LogP contribution in [-0.2, 0) is 14.3 Å². The van der Waals surface area contributed by atoms with Gasteiger partial charge in [-0.3, -0.25) is 9.69 Å². The first-order valence-electron chi connectivity index (χ1n) is 6.76. The van der Waals surface area contributed by atoms with E-state index in [1.165, 1.54) is 12.8 Å². The molecule has 1 unspecified atom stereocenters. The molecule has 1 aliphatic heterocycles. The van der Waals surface area contributed by atoms with E-state index in [2.05, 4.69) is 10.2 Å². The SMILES string of the molecule is COCCN(CC(=O)OC(C)C)CC1CCCN1. The first-order valence-corrected chi connectivity index (χ1v) is 6.76. The third-order valence-electron chi connectivity index (χ3n) is 2.97. The van der Waals surface area contributed by atoms with Crippen molar-refractivity contribution in [2.45, 2.75) is 38.8 Å². The summed E-state index contributed by atoms with van der Waals surface area (Å²) in [5.41, 5.74) is 0. The summed E-state index contributed by atoms with van der Waals surface area (Å²) in [6.45, 7) is 7.46. The summed E-state index contributed by atoms with van der Waals surface area (Å²) >= 11 is 0.